The second kappa shape index (κ2) is 9.75. The van der Waals surface area contributed by atoms with E-state index in [0.717, 1.165) is 44.7 Å². The second-order valence-electron chi connectivity index (χ2n) is 8.14. The number of carbonyl (C=O) groups excluding carboxylic acids is 1. The van der Waals surface area contributed by atoms with Crippen molar-refractivity contribution in [3.8, 4) is 22.6 Å². The van der Waals surface area contributed by atoms with Gasteiger partial charge in [-0.25, -0.2) is 15.0 Å². The van der Waals surface area contributed by atoms with Crippen LogP contribution in [0.25, 0.3) is 39.3 Å². The molecule has 0 spiro atoms. The number of aromatic amines is 2. The Balaban J connectivity index is 1.52. The summed E-state index contributed by atoms with van der Waals surface area (Å²) in [6, 6.07) is 9.56. The number of pyridine rings is 3. The zero-order valence-corrected chi connectivity index (χ0v) is 19.9. The quantitative estimate of drug-likeness (QED) is 0.281. The fourth-order valence-corrected chi connectivity index (χ4v) is 3.91. The number of fused-ring (bicyclic) bond motifs is 1. The number of nitrogens with zero attached hydrogens (tertiary/aromatic N) is 5. The lowest BCUT2D eigenvalue weighted by molar-refractivity contribution is -0.115. The summed E-state index contributed by atoms with van der Waals surface area (Å²) >= 11 is 0. The van der Waals surface area contributed by atoms with Crippen LogP contribution in [0.1, 0.15) is 30.3 Å². The topological polar surface area (TPSA) is 125 Å². The molecule has 5 heterocycles. The minimum Gasteiger partial charge on any atom is -0.340 e. The lowest BCUT2D eigenvalue weighted by atomic mass is 10.0. The fraction of sp³-hybridized carbons (Fsp3) is 0.111. The first-order valence-electron chi connectivity index (χ1n) is 11.5. The summed E-state index contributed by atoms with van der Waals surface area (Å²) in [6.45, 7) is 7.64. The number of H-pyrrole nitrogens is 2. The lowest BCUT2D eigenvalue weighted by Crippen LogP contribution is -2.10. The van der Waals surface area contributed by atoms with Crippen molar-refractivity contribution < 1.29 is 4.79 Å². The van der Waals surface area contributed by atoms with Gasteiger partial charge in [-0.3, -0.25) is 14.9 Å². The van der Waals surface area contributed by atoms with Crippen molar-refractivity contribution in [1.82, 2.24) is 35.1 Å². The van der Waals surface area contributed by atoms with Gasteiger partial charge in [0.2, 0.25) is 5.91 Å². The fourth-order valence-electron chi connectivity index (χ4n) is 3.91. The molecule has 178 valence electrons. The molecule has 0 aliphatic carbocycles. The zero-order valence-electron chi connectivity index (χ0n) is 19.9. The first kappa shape index (κ1) is 22.9. The van der Waals surface area contributed by atoms with Crippen LogP contribution >= 0.6 is 0 Å². The molecule has 1 amide bonds. The highest BCUT2D eigenvalue weighted by molar-refractivity contribution is 5.93. The predicted molar refractivity (Wildman–Crippen MR) is 140 cm³/mol. The van der Waals surface area contributed by atoms with Crippen molar-refractivity contribution in [2.45, 2.75) is 20.3 Å². The van der Waals surface area contributed by atoms with Crippen LogP contribution in [0.2, 0.25) is 0 Å². The van der Waals surface area contributed by atoms with Crippen LogP contribution in [-0.2, 0) is 4.79 Å². The Morgan fingerprint density at radius 1 is 1.11 bits per heavy atom. The molecule has 0 aromatic carbocycles. The van der Waals surface area contributed by atoms with Crippen molar-refractivity contribution >= 4 is 28.3 Å². The van der Waals surface area contributed by atoms with E-state index >= 15 is 0 Å². The third kappa shape index (κ3) is 4.41. The van der Waals surface area contributed by atoms with Crippen molar-refractivity contribution in [2.24, 2.45) is 0 Å². The lowest BCUT2D eigenvalue weighted by Gasteiger charge is -2.05. The van der Waals surface area contributed by atoms with Gasteiger partial charge in [0.1, 0.15) is 11.5 Å². The molecular formula is C27H24N8O. The molecule has 5 aromatic rings. The molecule has 0 unspecified atom stereocenters. The summed E-state index contributed by atoms with van der Waals surface area (Å²) in [7, 11) is 0. The number of aromatic nitrogens is 7. The number of hydrogen-bond acceptors (Lipinski definition) is 6. The minimum atomic E-state index is -0.0792. The van der Waals surface area contributed by atoms with E-state index in [1.807, 2.05) is 37.3 Å². The van der Waals surface area contributed by atoms with Gasteiger partial charge in [-0.15, -0.1) is 0 Å². The van der Waals surface area contributed by atoms with Crippen LogP contribution < -0.4 is 5.32 Å². The maximum absolute atomic E-state index is 11.6. The van der Waals surface area contributed by atoms with Gasteiger partial charge in [0.25, 0.3) is 0 Å². The monoisotopic (exact) mass is 476 g/mol. The summed E-state index contributed by atoms with van der Waals surface area (Å²) in [4.78, 5) is 32.9. The highest BCUT2D eigenvalue weighted by Crippen LogP contribution is 2.31. The van der Waals surface area contributed by atoms with Gasteiger partial charge in [0.05, 0.1) is 11.1 Å². The molecule has 0 fully saturated rings. The van der Waals surface area contributed by atoms with E-state index in [0.29, 0.717) is 23.7 Å². The first-order chi connectivity index (χ1) is 17.6. The van der Waals surface area contributed by atoms with Gasteiger partial charge in [-0.05, 0) is 42.8 Å². The van der Waals surface area contributed by atoms with Gasteiger partial charge in [-0.1, -0.05) is 25.7 Å². The number of anilines is 1. The molecule has 5 aromatic heterocycles. The Morgan fingerprint density at radius 2 is 1.92 bits per heavy atom. The number of amides is 1. The smallest absolute Gasteiger partial charge is 0.225 e. The van der Waals surface area contributed by atoms with Crippen molar-refractivity contribution in [3.63, 3.8) is 0 Å². The zero-order chi connectivity index (χ0) is 25.1. The average Bonchev–Trinajstić information content (AvgIpc) is 3.51. The van der Waals surface area contributed by atoms with E-state index in [9.17, 15) is 4.79 Å². The molecule has 0 saturated heterocycles. The average molecular weight is 477 g/mol. The van der Waals surface area contributed by atoms with E-state index in [4.69, 9.17) is 4.98 Å². The Bertz CT molecular complexity index is 1580. The summed E-state index contributed by atoms with van der Waals surface area (Å²) in [6.07, 6.45) is 11.1. The SMILES string of the molecule is C=C/C=C(/c1ccncc1)c1nc(-c2[nH]nc3ncc(-c4ccc(NC(=O)CC)nc4)cc23)[nH]c1C. The normalized spacial score (nSPS) is 11.6. The second-order valence-corrected chi connectivity index (χ2v) is 8.14. The maximum Gasteiger partial charge on any atom is 0.225 e. The molecule has 0 atom stereocenters. The van der Waals surface area contributed by atoms with Crippen molar-refractivity contribution in [2.75, 3.05) is 5.32 Å². The molecule has 5 rings (SSSR count). The van der Waals surface area contributed by atoms with Crippen LogP contribution in [0.3, 0.4) is 0 Å². The number of allylic oxidation sites excluding steroid dienone is 2. The number of imidazole rings is 1. The van der Waals surface area contributed by atoms with Gasteiger partial charge in [-0.2, -0.15) is 5.10 Å². The third-order valence-electron chi connectivity index (χ3n) is 5.75. The standard InChI is InChI=1S/C27H24N8O/c1-4-6-20(17-9-11-28-12-10-17)24-16(3)31-27(33-24)25-21-13-19(15-30-26(21)35-34-25)18-7-8-22(29-14-18)32-23(36)5-2/h4,6-15H,1,5H2,2-3H3,(H,31,33)(H,29,32,36)(H,30,34,35)/b20-6-. The van der Waals surface area contributed by atoms with E-state index < -0.39 is 0 Å². The highest BCUT2D eigenvalue weighted by Gasteiger charge is 2.18. The van der Waals surface area contributed by atoms with Crippen molar-refractivity contribution in [3.05, 3.63) is 90.8 Å². The molecule has 0 aliphatic heterocycles. The molecule has 0 aliphatic rings. The van der Waals surface area contributed by atoms with Crippen LogP contribution in [0, 0.1) is 6.92 Å². The highest BCUT2D eigenvalue weighted by atomic mass is 16.1. The summed E-state index contributed by atoms with van der Waals surface area (Å²) in [5, 5.41) is 11.0. The molecule has 36 heavy (non-hydrogen) atoms. The van der Waals surface area contributed by atoms with Crippen LogP contribution in [-0.4, -0.2) is 41.0 Å². The largest absolute Gasteiger partial charge is 0.340 e. The van der Waals surface area contributed by atoms with E-state index in [-0.39, 0.29) is 5.91 Å². The van der Waals surface area contributed by atoms with E-state index in [2.05, 4.69) is 42.0 Å². The predicted octanol–water partition coefficient (Wildman–Crippen LogP) is 5.08. The minimum absolute atomic E-state index is 0.0792. The Hall–Kier alpha value is -4.92. The molecular weight excluding hydrogens is 452 g/mol. The molecule has 9 heteroatoms. The van der Waals surface area contributed by atoms with Gasteiger partial charge in [0.15, 0.2) is 11.5 Å². The maximum atomic E-state index is 11.6. The Morgan fingerprint density at radius 3 is 2.64 bits per heavy atom. The van der Waals surface area contributed by atoms with Gasteiger partial charge in [0, 0.05) is 53.6 Å². The number of carbonyl (C=O) groups is 1. The molecule has 0 radical (unpaired) electrons. The van der Waals surface area contributed by atoms with Gasteiger partial charge >= 0.3 is 0 Å². The summed E-state index contributed by atoms with van der Waals surface area (Å²) < 4.78 is 0. The summed E-state index contributed by atoms with van der Waals surface area (Å²) in [5.41, 5.74) is 6.73. The van der Waals surface area contributed by atoms with Crippen LogP contribution in [0.4, 0.5) is 5.82 Å². The Labute approximate surface area is 207 Å². The number of hydrogen-bond donors (Lipinski definition) is 3. The Kier molecular flexibility index (Phi) is 6.19. The molecule has 0 saturated carbocycles. The molecule has 3 N–H and O–H groups in total. The molecule has 9 nitrogen and oxygen atoms in total. The van der Waals surface area contributed by atoms with Gasteiger partial charge < -0.3 is 10.3 Å². The van der Waals surface area contributed by atoms with E-state index in [1.165, 1.54) is 0 Å². The van der Waals surface area contributed by atoms with Crippen LogP contribution in [0.15, 0.2) is 73.9 Å². The van der Waals surface area contributed by atoms with E-state index in [1.54, 1.807) is 43.9 Å². The van der Waals surface area contributed by atoms with Crippen molar-refractivity contribution in [1.29, 1.82) is 0 Å². The van der Waals surface area contributed by atoms with Crippen LogP contribution in [0.5, 0.6) is 0 Å². The number of rotatable bonds is 7. The number of nitrogens with one attached hydrogen (secondary N) is 3. The summed E-state index contributed by atoms with van der Waals surface area (Å²) in [5.74, 6) is 1.09. The third-order valence-corrected chi connectivity index (χ3v) is 5.75. The molecule has 0 bridgehead atoms. The number of aryl methyl sites for hydroxylation is 1. The first-order valence-corrected chi connectivity index (χ1v) is 11.5.